The van der Waals surface area contributed by atoms with Gasteiger partial charge in [-0.25, -0.2) is 24.6 Å². The summed E-state index contributed by atoms with van der Waals surface area (Å²) in [6.07, 6.45) is 0. The molecule has 0 radical (unpaired) electrons. The van der Waals surface area contributed by atoms with Crippen LogP contribution in [0.2, 0.25) is 0 Å². The van der Waals surface area contributed by atoms with Crippen molar-refractivity contribution in [2.75, 3.05) is 0 Å². The lowest BCUT2D eigenvalue weighted by Gasteiger charge is -2.15. The van der Waals surface area contributed by atoms with Crippen LogP contribution in [0.1, 0.15) is 5.56 Å². The van der Waals surface area contributed by atoms with Gasteiger partial charge in [0.05, 0.1) is 41.5 Å². The van der Waals surface area contributed by atoms with Gasteiger partial charge in [-0.3, -0.25) is 0 Å². The predicted octanol–water partition coefficient (Wildman–Crippen LogP) is 10.6. The largest absolute Gasteiger partial charge is 0.308 e. The highest BCUT2D eigenvalue weighted by Gasteiger charge is 2.20. The molecule has 7 heteroatoms. The van der Waals surface area contributed by atoms with E-state index in [2.05, 4.69) is 44.6 Å². The molecule has 0 aliphatic carbocycles. The maximum Gasteiger partial charge on any atom is 0.184 e. The Balaban J connectivity index is 1.39. The first-order valence-corrected chi connectivity index (χ1v) is 15.5. The van der Waals surface area contributed by atoms with Gasteiger partial charge in [0.25, 0.3) is 0 Å². The van der Waals surface area contributed by atoms with Gasteiger partial charge in [-0.05, 0) is 47.5 Å². The van der Waals surface area contributed by atoms with Crippen LogP contribution in [-0.2, 0) is 0 Å². The second-order valence-electron chi connectivity index (χ2n) is 11.4. The highest BCUT2D eigenvalue weighted by molar-refractivity contribution is 6.11. The molecule has 0 aliphatic heterocycles. The summed E-state index contributed by atoms with van der Waals surface area (Å²) < 4.78 is 2.18. The fourth-order valence-electron chi connectivity index (χ4n) is 6.23. The van der Waals surface area contributed by atoms with E-state index in [0.29, 0.717) is 40.0 Å². The first-order valence-electron chi connectivity index (χ1n) is 15.5. The topological polar surface area (TPSA) is 76.1 Å². The number of aromatic nitrogens is 4. The van der Waals surface area contributed by atoms with Crippen LogP contribution >= 0.6 is 0 Å². The molecule has 0 unspecified atom stereocenters. The number of fused-ring (bicyclic) bond motifs is 3. The Morgan fingerprint density at radius 1 is 0.531 bits per heavy atom. The van der Waals surface area contributed by atoms with Crippen molar-refractivity contribution in [1.29, 1.82) is 5.26 Å². The highest BCUT2D eigenvalue weighted by Crippen LogP contribution is 2.40. The molecule has 0 saturated heterocycles. The molecule has 0 bridgehead atoms. The van der Waals surface area contributed by atoms with Crippen molar-refractivity contribution < 1.29 is 0 Å². The number of hydrogen-bond donors (Lipinski definition) is 0. The normalized spacial score (nSPS) is 10.8. The van der Waals surface area contributed by atoms with Crippen LogP contribution < -0.4 is 0 Å². The quantitative estimate of drug-likeness (QED) is 0.178. The summed E-state index contributed by atoms with van der Waals surface area (Å²) in [6, 6.07) is 47.1. The summed E-state index contributed by atoms with van der Waals surface area (Å²) in [6.45, 7) is 15.2. The van der Waals surface area contributed by atoms with Gasteiger partial charge in [0.15, 0.2) is 28.8 Å². The average molecular weight is 626 g/mol. The molecular formula is C42H23N7. The Bertz CT molecular complexity index is 2630. The van der Waals surface area contributed by atoms with Gasteiger partial charge in [-0.1, -0.05) is 103 Å². The van der Waals surface area contributed by atoms with Crippen molar-refractivity contribution in [1.82, 2.24) is 19.5 Å². The Kier molecular flexibility index (Phi) is 7.16. The van der Waals surface area contributed by atoms with Crippen molar-refractivity contribution in [3.8, 4) is 57.0 Å². The lowest BCUT2D eigenvalue weighted by molar-refractivity contribution is 1.06. The Hall–Kier alpha value is -7.40. The molecule has 0 spiro atoms. The fourth-order valence-corrected chi connectivity index (χ4v) is 6.23. The Morgan fingerprint density at radius 3 is 1.86 bits per heavy atom. The average Bonchev–Trinajstić information content (AvgIpc) is 3.51. The molecule has 0 amide bonds. The number of rotatable bonds is 5. The molecule has 0 fully saturated rings. The zero-order valence-electron chi connectivity index (χ0n) is 25.9. The van der Waals surface area contributed by atoms with Crippen LogP contribution in [0.25, 0.3) is 82.5 Å². The number of hydrogen-bond acceptors (Lipinski definition) is 4. The molecule has 2 aromatic heterocycles. The summed E-state index contributed by atoms with van der Waals surface area (Å²) >= 11 is 0. The molecule has 49 heavy (non-hydrogen) atoms. The SMILES string of the molecule is [C-]#[N+]c1ccc(-c2ccc3c(c2)c2ccccc2n3-c2ccc(C#N)cc2-c2nc(-c3ccccc3)nc(-c3ccccc3)n2)c([N+]#[C-])c1. The minimum absolute atomic E-state index is 0.434. The van der Waals surface area contributed by atoms with Gasteiger partial charge < -0.3 is 4.57 Å². The van der Waals surface area contributed by atoms with E-state index >= 15 is 0 Å². The third-order valence-electron chi connectivity index (χ3n) is 8.52. The molecule has 8 rings (SSSR count). The van der Waals surface area contributed by atoms with Gasteiger partial charge in [0.1, 0.15) is 0 Å². The van der Waals surface area contributed by atoms with E-state index in [4.69, 9.17) is 28.1 Å². The molecule has 6 aromatic carbocycles. The fraction of sp³-hybridized carbons (Fsp3) is 0. The molecule has 0 atom stereocenters. The van der Waals surface area contributed by atoms with Gasteiger partial charge in [0.2, 0.25) is 0 Å². The van der Waals surface area contributed by atoms with Gasteiger partial charge in [-0.15, -0.1) is 0 Å². The van der Waals surface area contributed by atoms with Crippen LogP contribution in [0.3, 0.4) is 0 Å². The number of para-hydroxylation sites is 1. The smallest absolute Gasteiger partial charge is 0.184 e. The van der Waals surface area contributed by atoms with E-state index in [1.807, 2.05) is 103 Å². The van der Waals surface area contributed by atoms with Crippen molar-refractivity contribution in [3.05, 3.63) is 168 Å². The zero-order valence-corrected chi connectivity index (χ0v) is 25.9. The summed E-state index contributed by atoms with van der Waals surface area (Å²) in [5.41, 5.74) is 8.13. The first-order chi connectivity index (χ1) is 24.1. The zero-order chi connectivity index (χ0) is 33.3. The first kappa shape index (κ1) is 29.0. The van der Waals surface area contributed by atoms with Crippen molar-refractivity contribution >= 4 is 33.2 Å². The van der Waals surface area contributed by atoms with E-state index in [0.717, 1.165) is 49.7 Å². The second kappa shape index (κ2) is 12.1. The molecule has 0 saturated carbocycles. The van der Waals surface area contributed by atoms with Crippen LogP contribution in [0.15, 0.2) is 140 Å². The maximum absolute atomic E-state index is 10.0. The minimum atomic E-state index is 0.434. The number of benzene rings is 6. The molecule has 226 valence electrons. The summed E-state index contributed by atoms with van der Waals surface area (Å²) in [5.74, 6) is 1.51. The van der Waals surface area contributed by atoms with Crippen molar-refractivity contribution in [3.63, 3.8) is 0 Å². The molecule has 8 aromatic rings. The van der Waals surface area contributed by atoms with E-state index < -0.39 is 0 Å². The van der Waals surface area contributed by atoms with Crippen LogP contribution in [0.5, 0.6) is 0 Å². The van der Waals surface area contributed by atoms with Crippen LogP contribution in [0, 0.1) is 24.5 Å². The van der Waals surface area contributed by atoms with Gasteiger partial charge in [0, 0.05) is 27.5 Å². The second-order valence-corrected chi connectivity index (χ2v) is 11.4. The van der Waals surface area contributed by atoms with E-state index in [1.54, 1.807) is 12.1 Å². The molecule has 0 N–H and O–H groups in total. The molecular weight excluding hydrogens is 603 g/mol. The van der Waals surface area contributed by atoms with Crippen molar-refractivity contribution in [2.24, 2.45) is 0 Å². The summed E-state index contributed by atoms with van der Waals surface area (Å²) in [4.78, 5) is 22.1. The van der Waals surface area contributed by atoms with Gasteiger partial charge in [-0.2, -0.15) is 5.26 Å². The van der Waals surface area contributed by atoms with Crippen LogP contribution in [0.4, 0.5) is 11.4 Å². The standard InChI is InChI=1S/C42H23N7/c1-44-31-19-20-32(36(25-31)45-2)30-18-22-38-34(24-30)33-15-9-10-16-37(33)49(38)39-21-17-27(26-43)23-35(39)42-47-40(28-11-5-3-6-12-28)46-41(48-42)29-13-7-4-8-14-29/h3-25H. The van der Waals surface area contributed by atoms with E-state index in [-0.39, 0.29) is 0 Å². The monoisotopic (exact) mass is 625 g/mol. The molecule has 2 heterocycles. The lowest BCUT2D eigenvalue weighted by Crippen LogP contribution is -2.04. The summed E-state index contributed by atoms with van der Waals surface area (Å²) in [7, 11) is 0. The van der Waals surface area contributed by atoms with Crippen molar-refractivity contribution in [2.45, 2.75) is 0 Å². The number of nitriles is 1. The van der Waals surface area contributed by atoms with E-state index in [9.17, 15) is 5.26 Å². The lowest BCUT2D eigenvalue weighted by atomic mass is 10.0. The number of nitrogens with zero attached hydrogens (tertiary/aromatic N) is 7. The molecule has 7 nitrogen and oxygen atoms in total. The third-order valence-corrected chi connectivity index (χ3v) is 8.52. The third kappa shape index (κ3) is 5.13. The van der Waals surface area contributed by atoms with Gasteiger partial charge >= 0.3 is 0 Å². The Labute approximate surface area is 282 Å². The summed E-state index contributed by atoms with van der Waals surface area (Å²) in [5, 5.41) is 12.0. The van der Waals surface area contributed by atoms with Crippen LogP contribution in [-0.4, -0.2) is 19.5 Å². The minimum Gasteiger partial charge on any atom is -0.308 e. The molecule has 0 aliphatic rings. The predicted molar refractivity (Wildman–Crippen MR) is 193 cm³/mol. The Morgan fingerprint density at radius 2 is 1.18 bits per heavy atom. The van der Waals surface area contributed by atoms with E-state index in [1.165, 1.54) is 0 Å². The highest BCUT2D eigenvalue weighted by atomic mass is 15.1. The maximum atomic E-state index is 10.0.